The normalized spacial score (nSPS) is 18.0. The van der Waals surface area contributed by atoms with Crippen molar-refractivity contribution in [1.29, 1.82) is 0 Å². The number of aliphatic hydroxyl groups is 2. The van der Waals surface area contributed by atoms with Gasteiger partial charge in [-0.15, -0.1) is 0 Å². The molecule has 5 heteroatoms. The molecule has 1 saturated heterocycles. The number of benzene rings is 1. The van der Waals surface area contributed by atoms with Crippen molar-refractivity contribution in [3.8, 4) is 0 Å². The van der Waals surface area contributed by atoms with Crippen molar-refractivity contribution in [1.82, 2.24) is 4.90 Å². The first kappa shape index (κ1) is 23.2. The van der Waals surface area contributed by atoms with Gasteiger partial charge in [0.25, 0.3) is 0 Å². The van der Waals surface area contributed by atoms with E-state index in [2.05, 4.69) is 31.2 Å². The Bertz CT molecular complexity index is 581. The number of aliphatic hydroxyl groups excluding tert-OH is 2. The molecule has 0 bridgehead atoms. The summed E-state index contributed by atoms with van der Waals surface area (Å²) >= 11 is 1.86. The smallest absolute Gasteiger partial charge is 0.222 e. The minimum absolute atomic E-state index is 0.262. The van der Waals surface area contributed by atoms with Gasteiger partial charge in [-0.25, -0.2) is 0 Å². The van der Waals surface area contributed by atoms with Gasteiger partial charge in [-0.3, -0.25) is 4.79 Å². The summed E-state index contributed by atoms with van der Waals surface area (Å²) in [6, 6.07) is 8.84. The zero-order valence-electron chi connectivity index (χ0n) is 17.3. The lowest BCUT2D eigenvalue weighted by Gasteiger charge is -2.25. The summed E-state index contributed by atoms with van der Waals surface area (Å²) in [5.41, 5.74) is 2.55. The highest BCUT2D eigenvalue weighted by molar-refractivity contribution is 7.99. The molecule has 1 fully saturated rings. The Hall–Kier alpha value is -1.04. The second-order valence-corrected chi connectivity index (χ2v) is 9.05. The highest BCUT2D eigenvalue weighted by Crippen LogP contribution is 2.24. The van der Waals surface area contributed by atoms with Gasteiger partial charge in [0.15, 0.2) is 0 Å². The third-order valence-corrected chi connectivity index (χ3v) is 6.51. The maximum absolute atomic E-state index is 12.2. The molecule has 1 aromatic carbocycles. The summed E-state index contributed by atoms with van der Waals surface area (Å²) < 4.78 is 0. The topological polar surface area (TPSA) is 60.8 Å². The van der Waals surface area contributed by atoms with Crippen LogP contribution < -0.4 is 0 Å². The molecule has 158 valence electrons. The van der Waals surface area contributed by atoms with E-state index in [0.29, 0.717) is 12.8 Å². The highest BCUT2D eigenvalue weighted by Gasteiger charge is 2.30. The molecule has 1 amide bonds. The van der Waals surface area contributed by atoms with Gasteiger partial charge in [-0.1, -0.05) is 37.6 Å². The Balaban J connectivity index is 1.72. The van der Waals surface area contributed by atoms with Crippen molar-refractivity contribution in [2.24, 2.45) is 0 Å². The van der Waals surface area contributed by atoms with Gasteiger partial charge in [-0.2, -0.15) is 11.8 Å². The molecule has 28 heavy (non-hydrogen) atoms. The molecule has 1 aliphatic rings. The molecule has 1 unspecified atom stereocenters. The molecular formula is C23H37NO3S. The van der Waals surface area contributed by atoms with E-state index in [0.717, 1.165) is 63.0 Å². The van der Waals surface area contributed by atoms with Crippen LogP contribution in [0.4, 0.5) is 0 Å². The third kappa shape index (κ3) is 8.14. The first-order chi connectivity index (χ1) is 13.6. The Morgan fingerprint density at radius 3 is 2.86 bits per heavy atom. The Morgan fingerprint density at radius 2 is 2.07 bits per heavy atom. The zero-order chi connectivity index (χ0) is 20.2. The number of carbonyl (C=O) groups excluding carboxylic acids is 1. The van der Waals surface area contributed by atoms with Gasteiger partial charge in [-0.05, 0) is 61.8 Å². The fourth-order valence-corrected chi connectivity index (χ4v) is 4.88. The van der Waals surface area contributed by atoms with Gasteiger partial charge in [0.1, 0.15) is 0 Å². The van der Waals surface area contributed by atoms with Crippen LogP contribution in [0.2, 0.25) is 0 Å². The van der Waals surface area contributed by atoms with Crippen LogP contribution in [0, 0.1) is 0 Å². The average Bonchev–Trinajstić information content (AvgIpc) is 3.03. The van der Waals surface area contributed by atoms with Crippen LogP contribution in [0.5, 0.6) is 0 Å². The summed E-state index contributed by atoms with van der Waals surface area (Å²) in [6.45, 7) is 3.25. The molecule has 1 heterocycles. The average molecular weight is 408 g/mol. The molecule has 0 radical (unpaired) electrons. The minimum Gasteiger partial charge on any atom is -0.396 e. The van der Waals surface area contributed by atoms with Crippen molar-refractivity contribution in [3.05, 3.63) is 35.4 Å². The number of thioether (sulfide) groups is 1. The predicted molar refractivity (Wildman–Crippen MR) is 118 cm³/mol. The molecule has 0 aromatic heterocycles. The molecule has 1 aliphatic heterocycles. The lowest BCUT2D eigenvalue weighted by molar-refractivity contribution is -0.128. The van der Waals surface area contributed by atoms with E-state index in [1.165, 1.54) is 11.1 Å². The number of likely N-dealkylation sites (tertiary alicyclic amines) is 1. The van der Waals surface area contributed by atoms with Gasteiger partial charge in [0, 0.05) is 31.4 Å². The molecule has 4 nitrogen and oxygen atoms in total. The van der Waals surface area contributed by atoms with Crippen LogP contribution >= 0.6 is 11.8 Å². The van der Waals surface area contributed by atoms with Crippen molar-refractivity contribution in [2.75, 3.05) is 24.7 Å². The van der Waals surface area contributed by atoms with Gasteiger partial charge < -0.3 is 15.1 Å². The van der Waals surface area contributed by atoms with E-state index >= 15 is 0 Å². The first-order valence-corrected chi connectivity index (χ1v) is 12.0. The van der Waals surface area contributed by atoms with Crippen LogP contribution in [-0.4, -0.2) is 57.8 Å². The molecule has 2 rings (SSSR count). The number of hydrogen-bond acceptors (Lipinski definition) is 4. The van der Waals surface area contributed by atoms with Crippen molar-refractivity contribution in [3.63, 3.8) is 0 Å². The predicted octanol–water partition coefficient (Wildman–Crippen LogP) is 3.82. The SMILES string of the molecule is CCCc1cccc(C[C@H](O)CCC2CCC(=O)N2CCSCCCCO)c1. The van der Waals surface area contributed by atoms with Gasteiger partial charge >= 0.3 is 0 Å². The van der Waals surface area contributed by atoms with Crippen LogP contribution in [0.15, 0.2) is 24.3 Å². The second-order valence-electron chi connectivity index (χ2n) is 7.83. The van der Waals surface area contributed by atoms with Gasteiger partial charge in [0.05, 0.1) is 6.10 Å². The lowest BCUT2D eigenvalue weighted by Crippen LogP contribution is -2.35. The van der Waals surface area contributed by atoms with Crippen LogP contribution in [0.3, 0.4) is 0 Å². The number of nitrogens with zero attached hydrogens (tertiary/aromatic N) is 1. The number of carbonyl (C=O) groups is 1. The Labute approximate surface area is 174 Å². The molecule has 0 aliphatic carbocycles. The maximum Gasteiger partial charge on any atom is 0.222 e. The second kappa shape index (κ2) is 13.2. The van der Waals surface area contributed by atoms with E-state index < -0.39 is 0 Å². The number of hydrogen-bond donors (Lipinski definition) is 2. The minimum atomic E-state index is -0.345. The Morgan fingerprint density at radius 1 is 1.25 bits per heavy atom. The van der Waals surface area contributed by atoms with E-state index in [1.54, 1.807) is 0 Å². The molecule has 0 saturated carbocycles. The summed E-state index contributed by atoms with van der Waals surface area (Å²) in [5, 5.41) is 19.3. The van der Waals surface area contributed by atoms with Crippen molar-refractivity contribution < 1.29 is 15.0 Å². The molecule has 0 spiro atoms. The quantitative estimate of drug-likeness (QED) is 0.460. The lowest BCUT2D eigenvalue weighted by atomic mass is 9.98. The van der Waals surface area contributed by atoms with Crippen LogP contribution in [-0.2, 0) is 17.6 Å². The molecular weight excluding hydrogens is 370 g/mol. The number of unbranched alkanes of at least 4 members (excludes halogenated alkanes) is 1. The number of aryl methyl sites for hydroxylation is 1. The van der Waals surface area contributed by atoms with Crippen molar-refractivity contribution in [2.45, 2.75) is 76.9 Å². The first-order valence-electron chi connectivity index (χ1n) is 10.9. The van der Waals surface area contributed by atoms with E-state index in [9.17, 15) is 9.90 Å². The monoisotopic (exact) mass is 407 g/mol. The summed E-state index contributed by atoms with van der Waals surface area (Å²) in [7, 11) is 0. The number of amides is 1. The van der Waals surface area contributed by atoms with Crippen LogP contribution in [0.25, 0.3) is 0 Å². The summed E-state index contributed by atoms with van der Waals surface area (Å²) in [6.07, 6.45) is 7.66. The standard InChI is InChI=1S/C23H37NO3S/c1-2-6-19-7-5-8-20(17-19)18-22(26)11-9-21-10-12-23(27)24(21)13-16-28-15-4-3-14-25/h5,7-8,17,21-22,25-26H,2-4,6,9-16,18H2,1H3/t21?,22-/m1/s1. The zero-order valence-corrected chi connectivity index (χ0v) is 18.1. The fourth-order valence-electron chi connectivity index (χ4n) is 3.94. The van der Waals surface area contributed by atoms with E-state index in [4.69, 9.17) is 5.11 Å². The molecule has 1 aromatic rings. The van der Waals surface area contributed by atoms with E-state index in [-0.39, 0.29) is 24.7 Å². The summed E-state index contributed by atoms with van der Waals surface area (Å²) in [5.74, 6) is 2.27. The van der Waals surface area contributed by atoms with Crippen LogP contribution in [0.1, 0.15) is 63.0 Å². The summed E-state index contributed by atoms with van der Waals surface area (Å²) in [4.78, 5) is 14.2. The van der Waals surface area contributed by atoms with Gasteiger partial charge in [0.2, 0.25) is 5.91 Å². The highest BCUT2D eigenvalue weighted by atomic mass is 32.2. The van der Waals surface area contributed by atoms with E-state index in [1.807, 2.05) is 16.7 Å². The largest absolute Gasteiger partial charge is 0.396 e. The molecule has 2 atom stereocenters. The third-order valence-electron chi connectivity index (χ3n) is 5.46. The maximum atomic E-state index is 12.2. The molecule has 2 N–H and O–H groups in total. The Kier molecular flexibility index (Phi) is 11.0. The number of rotatable bonds is 14. The van der Waals surface area contributed by atoms with Crippen molar-refractivity contribution >= 4 is 17.7 Å². The fraction of sp³-hybridized carbons (Fsp3) is 0.696.